The SMILES string of the molecule is C#CCOc1c(I)cc(C=Nc2ccccc2C)cc1OCC. The van der Waals surface area contributed by atoms with E-state index >= 15 is 0 Å². The second kappa shape index (κ2) is 8.59. The van der Waals surface area contributed by atoms with Gasteiger partial charge in [0.25, 0.3) is 0 Å². The Morgan fingerprint density at radius 3 is 2.74 bits per heavy atom. The van der Waals surface area contributed by atoms with Crippen LogP contribution in [0.4, 0.5) is 5.69 Å². The van der Waals surface area contributed by atoms with Gasteiger partial charge in [0, 0.05) is 6.21 Å². The number of nitrogens with zero attached hydrogens (tertiary/aromatic N) is 1. The zero-order valence-corrected chi connectivity index (χ0v) is 15.3. The Balaban J connectivity index is 2.33. The van der Waals surface area contributed by atoms with Crippen LogP contribution in [0.3, 0.4) is 0 Å². The van der Waals surface area contributed by atoms with E-state index in [0.29, 0.717) is 18.1 Å². The van der Waals surface area contributed by atoms with Crippen molar-refractivity contribution in [1.82, 2.24) is 0 Å². The van der Waals surface area contributed by atoms with Gasteiger partial charge in [-0.25, -0.2) is 0 Å². The van der Waals surface area contributed by atoms with Gasteiger partial charge in [-0.3, -0.25) is 4.99 Å². The standard InChI is InChI=1S/C19H18INO2/c1-4-10-23-19-16(20)11-15(12-18(19)22-5-2)13-21-17-9-7-6-8-14(17)3/h1,6-9,11-13H,5,10H2,2-3H3. The first kappa shape index (κ1) is 17.4. The molecule has 23 heavy (non-hydrogen) atoms. The minimum absolute atomic E-state index is 0.215. The first-order chi connectivity index (χ1) is 11.2. The van der Waals surface area contributed by atoms with Crippen LogP contribution in [0.25, 0.3) is 0 Å². The number of hydrogen-bond acceptors (Lipinski definition) is 3. The van der Waals surface area contributed by atoms with Gasteiger partial charge in [0.2, 0.25) is 0 Å². The molecule has 2 aromatic rings. The molecule has 0 spiro atoms. The second-order valence-electron chi connectivity index (χ2n) is 4.80. The van der Waals surface area contributed by atoms with Crippen molar-refractivity contribution in [1.29, 1.82) is 0 Å². The van der Waals surface area contributed by atoms with E-state index in [9.17, 15) is 0 Å². The summed E-state index contributed by atoms with van der Waals surface area (Å²) < 4.78 is 12.2. The summed E-state index contributed by atoms with van der Waals surface area (Å²) in [7, 11) is 0. The van der Waals surface area contributed by atoms with Gasteiger partial charge in [0.05, 0.1) is 15.9 Å². The molecule has 0 amide bonds. The van der Waals surface area contributed by atoms with Crippen molar-refractivity contribution in [3.05, 3.63) is 51.1 Å². The van der Waals surface area contributed by atoms with E-state index in [-0.39, 0.29) is 6.61 Å². The van der Waals surface area contributed by atoms with E-state index in [4.69, 9.17) is 15.9 Å². The Labute approximate surface area is 150 Å². The van der Waals surface area contributed by atoms with Gasteiger partial charge in [-0.05, 0) is 65.8 Å². The van der Waals surface area contributed by atoms with Crippen molar-refractivity contribution >= 4 is 34.5 Å². The third-order valence-corrected chi connectivity index (χ3v) is 3.90. The Bertz CT molecular complexity index is 748. The molecule has 0 bridgehead atoms. The predicted octanol–water partition coefficient (Wildman–Crippen LogP) is 4.76. The zero-order valence-electron chi connectivity index (χ0n) is 13.2. The molecule has 118 valence electrons. The molecule has 0 aromatic heterocycles. The number of rotatable bonds is 6. The van der Waals surface area contributed by atoms with Crippen molar-refractivity contribution in [3.8, 4) is 23.8 Å². The predicted molar refractivity (Wildman–Crippen MR) is 103 cm³/mol. The quantitative estimate of drug-likeness (QED) is 0.384. The lowest BCUT2D eigenvalue weighted by molar-refractivity contribution is 0.298. The minimum atomic E-state index is 0.215. The largest absolute Gasteiger partial charge is 0.490 e. The summed E-state index contributed by atoms with van der Waals surface area (Å²) in [5.41, 5.74) is 3.04. The molecule has 0 fully saturated rings. The smallest absolute Gasteiger partial charge is 0.175 e. The molecule has 0 saturated carbocycles. The fraction of sp³-hybridized carbons (Fsp3) is 0.211. The maximum Gasteiger partial charge on any atom is 0.175 e. The van der Waals surface area contributed by atoms with Crippen LogP contribution in [-0.2, 0) is 0 Å². The van der Waals surface area contributed by atoms with E-state index in [0.717, 1.165) is 20.4 Å². The van der Waals surface area contributed by atoms with Crippen molar-refractivity contribution in [2.24, 2.45) is 4.99 Å². The summed E-state index contributed by atoms with van der Waals surface area (Å²) in [4.78, 5) is 4.55. The van der Waals surface area contributed by atoms with Crippen LogP contribution < -0.4 is 9.47 Å². The fourth-order valence-corrected chi connectivity index (χ4v) is 2.81. The Morgan fingerprint density at radius 1 is 1.26 bits per heavy atom. The molecule has 0 radical (unpaired) electrons. The summed E-state index contributed by atoms with van der Waals surface area (Å²) in [6.07, 6.45) is 7.10. The summed E-state index contributed by atoms with van der Waals surface area (Å²) >= 11 is 2.22. The van der Waals surface area contributed by atoms with Gasteiger partial charge in [-0.15, -0.1) is 6.42 Å². The zero-order chi connectivity index (χ0) is 16.7. The molecular weight excluding hydrogens is 401 g/mol. The molecule has 4 heteroatoms. The number of halogens is 1. The normalized spacial score (nSPS) is 10.5. The molecule has 0 aliphatic heterocycles. The molecule has 2 aromatic carbocycles. The number of benzene rings is 2. The molecule has 2 rings (SSSR count). The maximum absolute atomic E-state index is 5.67. The van der Waals surface area contributed by atoms with Gasteiger partial charge >= 0.3 is 0 Å². The molecule has 0 N–H and O–H groups in total. The highest BCUT2D eigenvalue weighted by Crippen LogP contribution is 2.34. The first-order valence-corrected chi connectivity index (χ1v) is 8.36. The summed E-state index contributed by atoms with van der Waals surface area (Å²) in [5, 5.41) is 0. The maximum atomic E-state index is 5.67. The molecule has 3 nitrogen and oxygen atoms in total. The van der Waals surface area contributed by atoms with Crippen LogP contribution in [0.5, 0.6) is 11.5 Å². The van der Waals surface area contributed by atoms with Crippen molar-refractivity contribution < 1.29 is 9.47 Å². The van der Waals surface area contributed by atoms with E-state index in [1.165, 1.54) is 0 Å². The monoisotopic (exact) mass is 419 g/mol. The number of aliphatic imine (C=N–C) groups is 1. The lowest BCUT2D eigenvalue weighted by Crippen LogP contribution is -2.02. The Hall–Kier alpha value is -2.00. The Kier molecular flexibility index (Phi) is 6.48. The number of aryl methyl sites for hydroxylation is 1. The van der Waals surface area contributed by atoms with Crippen molar-refractivity contribution in [2.45, 2.75) is 13.8 Å². The first-order valence-electron chi connectivity index (χ1n) is 7.28. The summed E-state index contributed by atoms with van der Waals surface area (Å²) in [6, 6.07) is 11.9. The lowest BCUT2D eigenvalue weighted by atomic mass is 10.2. The van der Waals surface area contributed by atoms with E-state index < -0.39 is 0 Å². The van der Waals surface area contributed by atoms with Crippen LogP contribution >= 0.6 is 22.6 Å². The van der Waals surface area contributed by atoms with Crippen LogP contribution in [0, 0.1) is 22.8 Å². The summed E-state index contributed by atoms with van der Waals surface area (Å²) in [6.45, 7) is 4.75. The number of hydrogen-bond donors (Lipinski definition) is 0. The molecule has 0 saturated heterocycles. The van der Waals surface area contributed by atoms with Crippen molar-refractivity contribution in [3.63, 3.8) is 0 Å². The third kappa shape index (κ3) is 4.73. The fourth-order valence-electron chi connectivity index (χ4n) is 2.03. The van der Waals surface area contributed by atoms with Crippen LogP contribution in [0.15, 0.2) is 41.4 Å². The van der Waals surface area contributed by atoms with Crippen LogP contribution in [-0.4, -0.2) is 19.4 Å². The van der Waals surface area contributed by atoms with Gasteiger partial charge in [-0.2, -0.15) is 0 Å². The lowest BCUT2D eigenvalue weighted by Gasteiger charge is -2.13. The van der Waals surface area contributed by atoms with Gasteiger partial charge in [0.15, 0.2) is 11.5 Å². The van der Waals surface area contributed by atoms with Gasteiger partial charge < -0.3 is 9.47 Å². The number of para-hydroxylation sites is 1. The van der Waals surface area contributed by atoms with Gasteiger partial charge in [0.1, 0.15) is 6.61 Å². The third-order valence-electron chi connectivity index (χ3n) is 3.10. The molecular formula is C19H18INO2. The molecule has 0 atom stereocenters. The Morgan fingerprint density at radius 2 is 2.04 bits per heavy atom. The highest BCUT2D eigenvalue weighted by atomic mass is 127. The average Bonchev–Trinajstić information content (AvgIpc) is 2.54. The topological polar surface area (TPSA) is 30.8 Å². The highest BCUT2D eigenvalue weighted by molar-refractivity contribution is 14.1. The van der Waals surface area contributed by atoms with E-state index in [1.807, 2.05) is 56.5 Å². The second-order valence-corrected chi connectivity index (χ2v) is 5.96. The number of terminal acetylenes is 1. The van der Waals surface area contributed by atoms with Gasteiger partial charge in [-0.1, -0.05) is 24.1 Å². The van der Waals surface area contributed by atoms with E-state index in [1.54, 1.807) is 0 Å². The highest BCUT2D eigenvalue weighted by Gasteiger charge is 2.11. The van der Waals surface area contributed by atoms with Crippen molar-refractivity contribution in [2.75, 3.05) is 13.2 Å². The molecule has 0 unspecified atom stereocenters. The molecule has 0 aliphatic carbocycles. The molecule has 0 heterocycles. The summed E-state index contributed by atoms with van der Waals surface area (Å²) in [5.74, 6) is 3.83. The van der Waals surface area contributed by atoms with E-state index in [2.05, 4.69) is 33.5 Å². The number of ether oxygens (including phenoxy) is 2. The van der Waals surface area contributed by atoms with Crippen LogP contribution in [0.2, 0.25) is 0 Å². The van der Waals surface area contributed by atoms with Crippen LogP contribution in [0.1, 0.15) is 18.1 Å². The molecule has 0 aliphatic rings. The average molecular weight is 419 g/mol. The minimum Gasteiger partial charge on any atom is -0.490 e.